The SMILES string of the molecule is O=C(NCc1ccccn1)c1cn(CCCCc2cc3cc(Cc4ccccc4)[nH]c3nn2)nn1. The van der Waals surface area contributed by atoms with Gasteiger partial charge in [-0.05, 0) is 49.1 Å². The summed E-state index contributed by atoms with van der Waals surface area (Å²) in [6.45, 7) is 1.04. The molecular weight excluding hydrogens is 440 g/mol. The number of hydrogen-bond donors (Lipinski definition) is 2. The van der Waals surface area contributed by atoms with Gasteiger partial charge in [0.2, 0.25) is 0 Å². The largest absolute Gasteiger partial charge is 0.345 e. The summed E-state index contributed by atoms with van der Waals surface area (Å²) in [5, 5.41) is 20.7. The van der Waals surface area contributed by atoms with Crippen LogP contribution in [0.4, 0.5) is 0 Å². The molecule has 176 valence electrons. The zero-order valence-electron chi connectivity index (χ0n) is 19.3. The Morgan fingerprint density at radius 2 is 1.83 bits per heavy atom. The Labute approximate surface area is 202 Å². The third-order valence-electron chi connectivity index (χ3n) is 5.72. The van der Waals surface area contributed by atoms with Gasteiger partial charge in [0.15, 0.2) is 11.3 Å². The Balaban J connectivity index is 1.09. The number of amides is 1. The number of carbonyl (C=O) groups is 1. The normalized spacial score (nSPS) is 11.1. The summed E-state index contributed by atoms with van der Waals surface area (Å²) in [5.41, 5.74) is 5.27. The first kappa shape index (κ1) is 22.4. The number of fused-ring (bicyclic) bond motifs is 1. The van der Waals surface area contributed by atoms with Gasteiger partial charge in [0.1, 0.15) is 0 Å². The van der Waals surface area contributed by atoms with E-state index in [9.17, 15) is 4.79 Å². The molecule has 0 bridgehead atoms. The second kappa shape index (κ2) is 10.7. The topological polar surface area (TPSA) is 114 Å². The summed E-state index contributed by atoms with van der Waals surface area (Å²) < 4.78 is 1.70. The van der Waals surface area contributed by atoms with E-state index in [-0.39, 0.29) is 5.91 Å². The van der Waals surface area contributed by atoms with Crippen molar-refractivity contribution >= 4 is 16.9 Å². The highest BCUT2D eigenvalue weighted by molar-refractivity contribution is 5.91. The van der Waals surface area contributed by atoms with E-state index in [1.54, 1.807) is 17.1 Å². The van der Waals surface area contributed by atoms with Gasteiger partial charge in [-0.2, -0.15) is 5.10 Å². The molecule has 1 aromatic carbocycles. The summed E-state index contributed by atoms with van der Waals surface area (Å²) in [4.78, 5) is 19.8. The van der Waals surface area contributed by atoms with Gasteiger partial charge < -0.3 is 10.3 Å². The molecule has 0 atom stereocenters. The number of aromatic nitrogens is 7. The number of nitrogens with zero attached hydrogens (tertiary/aromatic N) is 6. The minimum atomic E-state index is -0.261. The number of rotatable bonds is 10. The smallest absolute Gasteiger partial charge is 0.273 e. The number of aromatic amines is 1. The second-order valence-corrected chi connectivity index (χ2v) is 8.42. The third-order valence-corrected chi connectivity index (χ3v) is 5.72. The fourth-order valence-corrected chi connectivity index (χ4v) is 3.92. The van der Waals surface area contributed by atoms with E-state index in [0.717, 1.165) is 53.8 Å². The predicted molar refractivity (Wildman–Crippen MR) is 132 cm³/mol. The maximum absolute atomic E-state index is 12.3. The Hall–Kier alpha value is -4.40. The number of aryl methyl sites for hydroxylation is 2. The minimum Gasteiger partial charge on any atom is -0.345 e. The van der Waals surface area contributed by atoms with Gasteiger partial charge in [0.25, 0.3) is 5.91 Å². The lowest BCUT2D eigenvalue weighted by Gasteiger charge is -2.02. The summed E-state index contributed by atoms with van der Waals surface area (Å²) in [7, 11) is 0. The Morgan fingerprint density at radius 3 is 2.69 bits per heavy atom. The maximum atomic E-state index is 12.3. The molecule has 9 heteroatoms. The summed E-state index contributed by atoms with van der Waals surface area (Å²) >= 11 is 0. The van der Waals surface area contributed by atoms with E-state index in [1.807, 2.05) is 24.3 Å². The monoisotopic (exact) mass is 466 g/mol. The first-order chi connectivity index (χ1) is 17.2. The van der Waals surface area contributed by atoms with E-state index in [4.69, 9.17) is 0 Å². The van der Waals surface area contributed by atoms with Crippen LogP contribution in [0.2, 0.25) is 0 Å². The van der Waals surface area contributed by atoms with Crippen molar-refractivity contribution in [1.29, 1.82) is 0 Å². The molecule has 0 aliphatic carbocycles. The van der Waals surface area contributed by atoms with E-state index < -0.39 is 0 Å². The average Bonchev–Trinajstić information content (AvgIpc) is 3.53. The zero-order valence-corrected chi connectivity index (χ0v) is 19.3. The molecule has 0 saturated carbocycles. The van der Waals surface area contributed by atoms with Crippen molar-refractivity contribution in [3.63, 3.8) is 0 Å². The van der Waals surface area contributed by atoms with Crippen LogP contribution < -0.4 is 5.32 Å². The summed E-state index contributed by atoms with van der Waals surface area (Å²) in [6.07, 6.45) is 6.87. The fraction of sp³-hybridized carbons (Fsp3) is 0.231. The van der Waals surface area contributed by atoms with Gasteiger partial charge in [-0.1, -0.05) is 41.6 Å². The predicted octanol–water partition coefficient (Wildman–Crippen LogP) is 3.49. The lowest BCUT2D eigenvalue weighted by Crippen LogP contribution is -2.23. The van der Waals surface area contributed by atoms with E-state index in [1.165, 1.54) is 5.56 Å². The van der Waals surface area contributed by atoms with Crippen LogP contribution in [0.25, 0.3) is 11.0 Å². The van der Waals surface area contributed by atoms with Gasteiger partial charge in [-0.3, -0.25) is 14.5 Å². The van der Waals surface area contributed by atoms with Crippen molar-refractivity contribution in [3.8, 4) is 0 Å². The standard InChI is InChI=1S/C26H26N8O/c35-26(28-17-22-11-4-6-12-27-22)24-18-34(33-31-24)13-7-5-10-21-15-20-16-23(29-25(20)32-30-21)14-19-8-2-1-3-9-19/h1-4,6,8-9,11-12,15-16,18H,5,7,10,13-14,17H2,(H,28,35)(H,29,32). The van der Waals surface area contributed by atoms with Crippen molar-refractivity contribution in [2.45, 2.75) is 38.8 Å². The van der Waals surface area contributed by atoms with Crippen molar-refractivity contribution in [2.24, 2.45) is 0 Å². The van der Waals surface area contributed by atoms with Crippen molar-refractivity contribution in [2.75, 3.05) is 0 Å². The van der Waals surface area contributed by atoms with Crippen LogP contribution in [0.5, 0.6) is 0 Å². The molecule has 0 fully saturated rings. The van der Waals surface area contributed by atoms with Crippen LogP contribution in [0.15, 0.2) is 73.1 Å². The molecular formula is C26H26N8O. The summed E-state index contributed by atoms with van der Waals surface area (Å²) in [5.74, 6) is -0.261. The Kier molecular flexibility index (Phi) is 6.84. The van der Waals surface area contributed by atoms with Crippen LogP contribution >= 0.6 is 0 Å². The van der Waals surface area contributed by atoms with Gasteiger partial charge in [0, 0.05) is 30.2 Å². The highest BCUT2D eigenvalue weighted by Gasteiger charge is 2.11. The number of hydrogen-bond acceptors (Lipinski definition) is 6. The quantitative estimate of drug-likeness (QED) is 0.305. The first-order valence-electron chi connectivity index (χ1n) is 11.7. The van der Waals surface area contributed by atoms with Crippen molar-refractivity contribution in [3.05, 3.63) is 101 Å². The van der Waals surface area contributed by atoms with Crippen LogP contribution in [0.1, 0.15) is 46.0 Å². The van der Waals surface area contributed by atoms with Crippen LogP contribution in [0, 0.1) is 0 Å². The molecule has 0 saturated heterocycles. The lowest BCUT2D eigenvalue weighted by atomic mass is 10.1. The van der Waals surface area contributed by atoms with Gasteiger partial charge in [-0.15, -0.1) is 10.2 Å². The number of pyridine rings is 1. The van der Waals surface area contributed by atoms with Crippen LogP contribution in [-0.4, -0.2) is 41.1 Å². The summed E-state index contributed by atoms with van der Waals surface area (Å²) in [6, 6.07) is 20.2. The molecule has 1 amide bonds. The minimum absolute atomic E-state index is 0.261. The molecule has 35 heavy (non-hydrogen) atoms. The third kappa shape index (κ3) is 5.94. The molecule has 5 aromatic rings. The molecule has 5 rings (SSSR count). The second-order valence-electron chi connectivity index (χ2n) is 8.42. The molecule has 0 unspecified atom stereocenters. The van der Waals surface area contributed by atoms with Crippen molar-refractivity contribution in [1.82, 2.24) is 40.5 Å². The molecule has 4 aromatic heterocycles. The molecule has 9 nitrogen and oxygen atoms in total. The van der Waals surface area contributed by atoms with Crippen molar-refractivity contribution < 1.29 is 4.79 Å². The molecule has 4 heterocycles. The molecule has 0 aliphatic rings. The zero-order chi connectivity index (χ0) is 23.9. The van der Waals surface area contributed by atoms with Crippen LogP contribution in [-0.2, 0) is 25.9 Å². The molecule has 0 aliphatic heterocycles. The molecule has 0 spiro atoms. The Morgan fingerprint density at radius 1 is 0.943 bits per heavy atom. The van der Waals surface area contributed by atoms with E-state index >= 15 is 0 Å². The average molecular weight is 467 g/mol. The number of unbranched alkanes of at least 4 members (excludes halogenated alkanes) is 1. The number of carbonyl (C=O) groups excluding carboxylic acids is 1. The highest BCUT2D eigenvalue weighted by atomic mass is 16.2. The van der Waals surface area contributed by atoms with Gasteiger partial charge >= 0.3 is 0 Å². The number of nitrogens with one attached hydrogen (secondary N) is 2. The Bertz CT molecular complexity index is 1390. The molecule has 0 radical (unpaired) electrons. The van der Waals surface area contributed by atoms with E-state index in [2.05, 4.69) is 72.2 Å². The molecule has 2 N–H and O–H groups in total. The highest BCUT2D eigenvalue weighted by Crippen LogP contribution is 2.17. The number of H-pyrrole nitrogens is 1. The van der Waals surface area contributed by atoms with E-state index in [0.29, 0.717) is 18.8 Å². The maximum Gasteiger partial charge on any atom is 0.273 e. The van der Waals surface area contributed by atoms with Crippen LogP contribution in [0.3, 0.4) is 0 Å². The number of benzene rings is 1. The van der Waals surface area contributed by atoms with Gasteiger partial charge in [0.05, 0.1) is 24.1 Å². The fourth-order valence-electron chi connectivity index (χ4n) is 3.92. The van der Waals surface area contributed by atoms with Gasteiger partial charge in [-0.25, -0.2) is 0 Å². The first-order valence-corrected chi connectivity index (χ1v) is 11.7. The lowest BCUT2D eigenvalue weighted by molar-refractivity contribution is 0.0945.